The number of hydrogen-bond acceptors (Lipinski definition) is 4. The Labute approximate surface area is 118 Å². The van der Waals surface area contributed by atoms with Gasteiger partial charge in [0.2, 0.25) is 5.89 Å². The predicted molar refractivity (Wildman–Crippen MR) is 67.0 cm³/mol. The van der Waals surface area contributed by atoms with E-state index in [4.69, 9.17) is 4.42 Å². The van der Waals surface area contributed by atoms with E-state index >= 15 is 0 Å². The van der Waals surface area contributed by atoms with Gasteiger partial charge in [-0.1, -0.05) is 18.1 Å². The number of halogens is 4. The topological polar surface area (TPSA) is 51.0 Å². The molecule has 114 valence electrons. The van der Waals surface area contributed by atoms with Crippen molar-refractivity contribution in [3.63, 3.8) is 0 Å². The van der Waals surface area contributed by atoms with E-state index in [1.54, 1.807) is 0 Å². The maximum absolute atomic E-state index is 13.6. The summed E-state index contributed by atoms with van der Waals surface area (Å²) in [5.41, 5.74) is -0.940. The zero-order valence-electron chi connectivity index (χ0n) is 11.2. The lowest BCUT2D eigenvalue weighted by Gasteiger charge is -2.09. The third-order valence-electron chi connectivity index (χ3n) is 2.74. The molecule has 4 nitrogen and oxygen atoms in total. The van der Waals surface area contributed by atoms with Crippen LogP contribution in [0.1, 0.15) is 30.4 Å². The van der Waals surface area contributed by atoms with Crippen LogP contribution in [0, 0.1) is 5.82 Å². The van der Waals surface area contributed by atoms with Crippen molar-refractivity contribution in [2.24, 2.45) is 0 Å². The first kappa shape index (κ1) is 15.3. The summed E-state index contributed by atoms with van der Waals surface area (Å²) in [6.07, 6.45) is -3.09. The molecule has 0 atom stereocenters. The highest BCUT2D eigenvalue weighted by atomic mass is 19.4. The summed E-state index contributed by atoms with van der Waals surface area (Å²) < 4.78 is 56.1. The van der Waals surface area contributed by atoms with E-state index in [0.717, 1.165) is 18.6 Å². The number of aryl methyl sites for hydroxylation is 1. The Morgan fingerprint density at radius 3 is 2.62 bits per heavy atom. The predicted octanol–water partition coefficient (Wildman–Crippen LogP) is 3.79. The monoisotopic (exact) mass is 303 g/mol. The molecule has 1 aromatic carbocycles. The quantitative estimate of drug-likeness (QED) is 0.854. The van der Waals surface area contributed by atoms with Crippen molar-refractivity contribution in [3.05, 3.63) is 41.0 Å². The fourth-order valence-corrected chi connectivity index (χ4v) is 1.68. The first-order valence-electron chi connectivity index (χ1n) is 6.32. The third kappa shape index (κ3) is 3.93. The first-order valence-corrected chi connectivity index (χ1v) is 6.32. The largest absolute Gasteiger partial charge is 0.416 e. The second-order valence-corrected chi connectivity index (χ2v) is 4.41. The van der Waals surface area contributed by atoms with Crippen LogP contribution in [0.25, 0.3) is 0 Å². The van der Waals surface area contributed by atoms with Gasteiger partial charge in [0.25, 0.3) is 0 Å². The highest BCUT2D eigenvalue weighted by molar-refractivity contribution is 5.29. The Hall–Kier alpha value is -2.12. The summed E-state index contributed by atoms with van der Waals surface area (Å²) in [6, 6.07) is 2.48. The fraction of sp³-hybridized carbons (Fsp3) is 0.385. The van der Waals surface area contributed by atoms with Gasteiger partial charge in [-0.05, 0) is 18.6 Å². The van der Waals surface area contributed by atoms with Gasteiger partial charge in [-0.25, -0.2) is 4.39 Å². The normalized spacial score (nSPS) is 11.7. The molecule has 8 heteroatoms. The molecule has 2 rings (SSSR count). The molecular weight excluding hydrogens is 290 g/mol. The SMILES string of the molecule is CCCc1nnc(NCc2ccc(C(F)(F)F)cc2F)o1. The van der Waals surface area contributed by atoms with E-state index in [1.165, 1.54) is 0 Å². The van der Waals surface area contributed by atoms with Gasteiger partial charge in [0, 0.05) is 18.5 Å². The third-order valence-corrected chi connectivity index (χ3v) is 2.74. The molecule has 21 heavy (non-hydrogen) atoms. The van der Waals surface area contributed by atoms with Crippen molar-refractivity contribution in [2.45, 2.75) is 32.5 Å². The molecule has 0 aliphatic heterocycles. The van der Waals surface area contributed by atoms with Crippen LogP contribution in [-0.2, 0) is 19.1 Å². The van der Waals surface area contributed by atoms with Gasteiger partial charge < -0.3 is 9.73 Å². The van der Waals surface area contributed by atoms with Crippen LogP contribution < -0.4 is 5.32 Å². The number of nitrogens with zero attached hydrogens (tertiary/aromatic N) is 2. The van der Waals surface area contributed by atoms with Gasteiger partial charge in [0.05, 0.1) is 5.56 Å². The van der Waals surface area contributed by atoms with Gasteiger partial charge in [-0.3, -0.25) is 0 Å². The second kappa shape index (κ2) is 6.11. The van der Waals surface area contributed by atoms with Crippen molar-refractivity contribution in [2.75, 3.05) is 5.32 Å². The van der Waals surface area contributed by atoms with E-state index in [9.17, 15) is 17.6 Å². The van der Waals surface area contributed by atoms with Crippen LogP contribution in [0.4, 0.5) is 23.6 Å². The zero-order chi connectivity index (χ0) is 15.5. The lowest BCUT2D eigenvalue weighted by molar-refractivity contribution is -0.137. The van der Waals surface area contributed by atoms with Gasteiger partial charge in [0.1, 0.15) is 5.82 Å². The van der Waals surface area contributed by atoms with E-state index < -0.39 is 17.6 Å². The molecule has 0 amide bonds. The summed E-state index contributed by atoms with van der Waals surface area (Å²) in [6.45, 7) is 1.91. The minimum atomic E-state index is -4.56. The van der Waals surface area contributed by atoms with Crippen molar-refractivity contribution >= 4 is 6.01 Å². The number of alkyl halides is 3. The van der Waals surface area contributed by atoms with Crippen molar-refractivity contribution in [1.82, 2.24) is 10.2 Å². The number of aromatic nitrogens is 2. The van der Waals surface area contributed by atoms with E-state index in [1.807, 2.05) is 6.92 Å². The first-order chi connectivity index (χ1) is 9.90. The second-order valence-electron chi connectivity index (χ2n) is 4.41. The molecule has 1 aromatic heterocycles. The summed E-state index contributed by atoms with van der Waals surface area (Å²) in [7, 11) is 0. The molecule has 0 spiro atoms. The van der Waals surface area contributed by atoms with Crippen LogP contribution in [0.3, 0.4) is 0 Å². The van der Waals surface area contributed by atoms with Crippen LogP contribution in [-0.4, -0.2) is 10.2 Å². The van der Waals surface area contributed by atoms with E-state index in [2.05, 4.69) is 15.5 Å². The number of rotatable bonds is 5. The Balaban J connectivity index is 2.02. The molecule has 0 unspecified atom stereocenters. The molecule has 0 saturated carbocycles. The molecule has 0 aliphatic rings. The van der Waals surface area contributed by atoms with Gasteiger partial charge in [0.15, 0.2) is 0 Å². The standard InChI is InChI=1S/C13H13F4N3O/c1-2-3-11-19-20-12(21-11)18-7-8-4-5-9(6-10(8)14)13(15,16)17/h4-6H,2-3,7H2,1H3,(H,18,20). The van der Waals surface area contributed by atoms with Crippen molar-refractivity contribution in [3.8, 4) is 0 Å². The number of nitrogens with one attached hydrogen (secondary N) is 1. The molecule has 2 aromatic rings. The maximum atomic E-state index is 13.6. The summed E-state index contributed by atoms with van der Waals surface area (Å²) in [4.78, 5) is 0. The molecule has 0 saturated heterocycles. The molecule has 0 radical (unpaired) electrons. The minimum Gasteiger partial charge on any atom is -0.408 e. The van der Waals surface area contributed by atoms with Gasteiger partial charge in [-0.2, -0.15) is 13.2 Å². The van der Waals surface area contributed by atoms with E-state index in [0.29, 0.717) is 18.4 Å². The highest BCUT2D eigenvalue weighted by Crippen LogP contribution is 2.30. The number of benzene rings is 1. The molecule has 1 heterocycles. The lowest BCUT2D eigenvalue weighted by atomic mass is 10.1. The smallest absolute Gasteiger partial charge is 0.408 e. The Kier molecular flexibility index (Phi) is 4.44. The lowest BCUT2D eigenvalue weighted by Crippen LogP contribution is -2.08. The molecular formula is C13H13F4N3O. The Morgan fingerprint density at radius 1 is 1.24 bits per heavy atom. The van der Waals surface area contributed by atoms with Crippen molar-refractivity contribution in [1.29, 1.82) is 0 Å². The van der Waals surface area contributed by atoms with Gasteiger partial charge >= 0.3 is 12.2 Å². The average Bonchev–Trinajstić information content (AvgIpc) is 2.84. The molecule has 0 fully saturated rings. The Morgan fingerprint density at radius 2 is 2.00 bits per heavy atom. The summed E-state index contributed by atoms with van der Waals surface area (Å²) in [5, 5.41) is 10.1. The van der Waals surface area contributed by atoms with Crippen LogP contribution >= 0.6 is 0 Å². The maximum Gasteiger partial charge on any atom is 0.416 e. The number of hydrogen-bond donors (Lipinski definition) is 1. The van der Waals surface area contributed by atoms with Crippen molar-refractivity contribution < 1.29 is 22.0 Å². The fourth-order valence-electron chi connectivity index (χ4n) is 1.68. The van der Waals surface area contributed by atoms with Crippen LogP contribution in [0.15, 0.2) is 22.6 Å². The average molecular weight is 303 g/mol. The van der Waals surface area contributed by atoms with Crippen LogP contribution in [0.2, 0.25) is 0 Å². The summed E-state index contributed by atoms with van der Waals surface area (Å²) in [5.74, 6) is -0.487. The highest BCUT2D eigenvalue weighted by Gasteiger charge is 2.31. The zero-order valence-corrected chi connectivity index (χ0v) is 11.2. The Bertz CT molecular complexity index is 610. The number of anilines is 1. The molecule has 0 aliphatic carbocycles. The molecule has 0 bridgehead atoms. The van der Waals surface area contributed by atoms with Crippen LogP contribution in [0.5, 0.6) is 0 Å². The summed E-state index contributed by atoms with van der Waals surface area (Å²) >= 11 is 0. The minimum absolute atomic E-state index is 0.0439. The van der Waals surface area contributed by atoms with E-state index in [-0.39, 0.29) is 18.1 Å². The van der Waals surface area contributed by atoms with Gasteiger partial charge in [-0.15, -0.1) is 5.10 Å². The molecule has 1 N–H and O–H groups in total.